The first kappa shape index (κ1) is 33.2. The molecule has 0 bridgehead atoms. The maximum atomic E-state index is 14.2. The molecule has 0 radical (unpaired) electrons. The molecule has 11 heteroatoms. The third kappa shape index (κ3) is 8.40. The maximum absolute atomic E-state index is 14.2. The molecular weight excluding hydrogens is 597 g/mol. The number of aryl methyl sites for hydroxylation is 1. The molecule has 3 aromatic carbocycles. The van der Waals surface area contributed by atoms with Gasteiger partial charge in [0.2, 0.25) is 11.8 Å². The van der Waals surface area contributed by atoms with Crippen molar-refractivity contribution in [3.8, 4) is 5.75 Å². The number of carbonyl (C=O) groups is 2. The van der Waals surface area contributed by atoms with Gasteiger partial charge in [-0.2, -0.15) is 0 Å². The number of methoxy groups -OCH3 is 1. The van der Waals surface area contributed by atoms with Crippen molar-refractivity contribution >= 4 is 50.7 Å². The first-order chi connectivity index (χ1) is 20.0. The fourth-order valence-electron chi connectivity index (χ4n) is 4.38. The Morgan fingerprint density at radius 1 is 0.976 bits per heavy atom. The number of rotatable bonds is 14. The molecule has 0 fully saturated rings. The normalized spacial score (nSPS) is 12.0. The lowest BCUT2D eigenvalue weighted by Crippen LogP contribution is -2.52. The monoisotopic (exact) mass is 633 g/mol. The van der Waals surface area contributed by atoms with E-state index in [0.29, 0.717) is 18.7 Å². The van der Waals surface area contributed by atoms with Crippen LogP contribution in [0.4, 0.5) is 5.69 Å². The van der Waals surface area contributed by atoms with E-state index in [-0.39, 0.29) is 33.1 Å². The van der Waals surface area contributed by atoms with Crippen LogP contribution in [0.1, 0.15) is 44.2 Å². The summed E-state index contributed by atoms with van der Waals surface area (Å²) in [6.45, 7) is 5.62. The molecule has 2 amide bonds. The third-order valence-electron chi connectivity index (χ3n) is 6.79. The zero-order valence-corrected chi connectivity index (χ0v) is 26.6. The van der Waals surface area contributed by atoms with Gasteiger partial charge in [0.25, 0.3) is 10.0 Å². The highest BCUT2D eigenvalue weighted by Gasteiger charge is 2.34. The van der Waals surface area contributed by atoms with Gasteiger partial charge in [-0.3, -0.25) is 13.9 Å². The second-order valence-electron chi connectivity index (χ2n) is 9.86. The lowest BCUT2D eigenvalue weighted by Gasteiger charge is -2.33. The number of carbonyl (C=O) groups excluding carboxylic acids is 2. The van der Waals surface area contributed by atoms with Crippen molar-refractivity contribution in [3.63, 3.8) is 0 Å². The summed E-state index contributed by atoms with van der Waals surface area (Å²) in [6, 6.07) is 17.0. The van der Waals surface area contributed by atoms with E-state index in [1.165, 1.54) is 35.2 Å². The molecule has 1 atom stereocenters. The molecule has 0 spiro atoms. The average molecular weight is 635 g/mol. The summed E-state index contributed by atoms with van der Waals surface area (Å²) in [5, 5.41) is 3.27. The summed E-state index contributed by atoms with van der Waals surface area (Å²) in [5.74, 6) is -0.233. The van der Waals surface area contributed by atoms with Crippen LogP contribution in [0.2, 0.25) is 10.0 Å². The van der Waals surface area contributed by atoms with Gasteiger partial charge >= 0.3 is 0 Å². The molecule has 0 aliphatic heterocycles. The van der Waals surface area contributed by atoms with E-state index >= 15 is 0 Å². The van der Waals surface area contributed by atoms with Crippen LogP contribution in [0.3, 0.4) is 0 Å². The number of amides is 2. The van der Waals surface area contributed by atoms with Crippen molar-refractivity contribution in [2.75, 3.05) is 24.5 Å². The van der Waals surface area contributed by atoms with Gasteiger partial charge in [0, 0.05) is 18.1 Å². The van der Waals surface area contributed by atoms with E-state index in [2.05, 4.69) is 5.32 Å². The molecule has 42 heavy (non-hydrogen) atoms. The summed E-state index contributed by atoms with van der Waals surface area (Å²) >= 11 is 12.7. The number of sulfonamides is 1. The number of nitrogens with one attached hydrogen (secondary N) is 1. The smallest absolute Gasteiger partial charge is 0.264 e. The predicted octanol–water partition coefficient (Wildman–Crippen LogP) is 6.23. The van der Waals surface area contributed by atoms with Crippen LogP contribution in [0.15, 0.2) is 71.6 Å². The van der Waals surface area contributed by atoms with Crippen LogP contribution < -0.4 is 14.4 Å². The summed E-state index contributed by atoms with van der Waals surface area (Å²) in [6.07, 6.45) is 2.02. The van der Waals surface area contributed by atoms with Crippen LogP contribution in [-0.2, 0) is 26.2 Å². The minimum absolute atomic E-state index is 0.0111. The minimum Gasteiger partial charge on any atom is -0.497 e. The number of hydrogen-bond acceptors (Lipinski definition) is 5. The summed E-state index contributed by atoms with van der Waals surface area (Å²) in [7, 11) is -2.71. The molecular formula is C31H37Cl2N3O5S. The molecule has 0 saturated carbocycles. The predicted molar refractivity (Wildman–Crippen MR) is 168 cm³/mol. The number of halogens is 2. The van der Waals surface area contributed by atoms with E-state index in [0.717, 1.165) is 28.3 Å². The lowest BCUT2D eigenvalue weighted by atomic mass is 10.1. The van der Waals surface area contributed by atoms with Gasteiger partial charge in [-0.25, -0.2) is 8.42 Å². The first-order valence-corrected chi connectivity index (χ1v) is 16.0. The largest absolute Gasteiger partial charge is 0.497 e. The Morgan fingerprint density at radius 2 is 1.64 bits per heavy atom. The highest BCUT2D eigenvalue weighted by molar-refractivity contribution is 7.92. The SMILES string of the molecule is CCCCNC(=O)[C@H](CC)N(Cc1ccc(OC)cc1)C(=O)CN(c1cc(Cl)ccc1Cl)S(=O)(=O)c1ccc(C)cc1. The van der Waals surface area contributed by atoms with Gasteiger partial charge in [-0.1, -0.05) is 73.3 Å². The van der Waals surface area contributed by atoms with Crippen LogP contribution in [0.5, 0.6) is 5.75 Å². The average Bonchev–Trinajstić information content (AvgIpc) is 2.97. The van der Waals surface area contributed by atoms with Gasteiger partial charge in [0.1, 0.15) is 18.3 Å². The number of nitrogens with zero attached hydrogens (tertiary/aromatic N) is 2. The molecule has 0 aliphatic rings. The van der Waals surface area contributed by atoms with Crippen molar-refractivity contribution in [3.05, 3.63) is 87.9 Å². The van der Waals surface area contributed by atoms with Gasteiger partial charge in [-0.05, 0) is 67.8 Å². The number of anilines is 1. The second kappa shape index (κ2) is 15.3. The summed E-state index contributed by atoms with van der Waals surface area (Å²) in [5.41, 5.74) is 1.68. The second-order valence-corrected chi connectivity index (χ2v) is 12.6. The standard InChI is InChI=1S/C31H37Cl2N3O5S/c1-5-7-18-34-31(38)28(6-2)35(20-23-10-13-25(41-4)14-11-23)30(37)21-36(29-19-24(32)12-17-27(29)33)42(39,40)26-15-8-22(3)9-16-26/h8-17,19,28H,5-7,18,20-21H2,1-4H3,(H,34,38)/t28-/m0/s1. The number of benzene rings is 3. The van der Waals surface area contributed by atoms with E-state index in [9.17, 15) is 18.0 Å². The van der Waals surface area contributed by atoms with Crippen LogP contribution in [0, 0.1) is 6.92 Å². The molecule has 1 N–H and O–H groups in total. The van der Waals surface area contributed by atoms with Crippen LogP contribution in [-0.4, -0.2) is 51.4 Å². The molecule has 8 nitrogen and oxygen atoms in total. The zero-order valence-electron chi connectivity index (χ0n) is 24.3. The molecule has 0 aromatic heterocycles. The Balaban J connectivity index is 2.07. The fraction of sp³-hybridized carbons (Fsp3) is 0.355. The van der Waals surface area contributed by atoms with Crippen LogP contribution >= 0.6 is 23.2 Å². The quantitative estimate of drug-likeness (QED) is 0.212. The topological polar surface area (TPSA) is 96.0 Å². The molecule has 0 heterocycles. The lowest BCUT2D eigenvalue weighted by molar-refractivity contribution is -0.140. The first-order valence-electron chi connectivity index (χ1n) is 13.8. The summed E-state index contributed by atoms with van der Waals surface area (Å²) < 4.78 is 34.2. The Bertz CT molecular complexity index is 1460. The van der Waals surface area contributed by atoms with Gasteiger partial charge in [0.05, 0.1) is 22.7 Å². The van der Waals surface area contributed by atoms with Crippen molar-refractivity contribution in [2.24, 2.45) is 0 Å². The number of ether oxygens (including phenoxy) is 1. The van der Waals surface area contributed by atoms with E-state index < -0.39 is 28.5 Å². The van der Waals surface area contributed by atoms with Gasteiger partial charge < -0.3 is 15.0 Å². The molecule has 0 saturated heterocycles. The number of unbranched alkanes of at least 4 members (excludes halogenated alkanes) is 1. The Morgan fingerprint density at radius 3 is 2.24 bits per heavy atom. The highest BCUT2D eigenvalue weighted by atomic mass is 35.5. The van der Waals surface area contributed by atoms with E-state index in [1.807, 2.05) is 20.8 Å². The molecule has 226 valence electrons. The molecule has 0 aliphatic carbocycles. The van der Waals surface area contributed by atoms with Crippen molar-refractivity contribution < 1.29 is 22.7 Å². The zero-order chi connectivity index (χ0) is 30.9. The van der Waals surface area contributed by atoms with E-state index in [1.54, 1.807) is 43.5 Å². The van der Waals surface area contributed by atoms with Gasteiger partial charge in [-0.15, -0.1) is 0 Å². The molecule has 3 aromatic rings. The molecule has 3 rings (SSSR count). The maximum Gasteiger partial charge on any atom is 0.264 e. The fourth-order valence-corrected chi connectivity index (χ4v) is 6.24. The van der Waals surface area contributed by atoms with Gasteiger partial charge in [0.15, 0.2) is 0 Å². The Labute approximate surface area is 258 Å². The van der Waals surface area contributed by atoms with Crippen molar-refractivity contribution in [1.29, 1.82) is 0 Å². The highest BCUT2D eigenvalue weighted by Crippen LogP contribution is 2.33. The van der Waals surface area contributed by atoms with Crippen molar-refractivity contribution in [2.45, 2.75) is 57.5 Å². The van der Waals surface area contributed by atoms with E-state index in [4.69, 9.17) is 27.9 Å². The van der Waals surface area contributed by atoms with Crippen LogP contribution in [0.25, 0.3) is 0 Å². The Hall–Kier alpha value is -3.27. The number of hydrogen-bond donors (Lipinski definition) is 1. The summed E-state index contributed by atoms with van der Waals surface area (Å²) in [4.78, 5) is 28.9. The Kier molecular flexibility index (Phi) is 12.1. The molecule has 0 unspecified atom stereocenters. The third-order valence-corrected chi connectivity index (χ3v) is 9.12. The minimum atomic E-state index is -4.27. The van der Waals surface area contributed by atoms with Crippen molar-refractivity contribution in [1.82, 2.24) is 10.2 Å².